The summed E-state index contributed by atoms with van der Waals surface area (Å²) in [5.74, 6) is 2.59. The Morgan fingerprint density at radius 3 is 2.60 bits per heavy atom. The molecule has 218 valence electrons. The SMILES string of the molecule is CCCSc1nc2n(n1)C(c1ccc(OCCc3ccccc3)c(OCC)c1)C(C(=O)Nc1cccc(C)c1)=C(C)N2. The third-order valence-corrected chi connectivity index (χ3v) is 7.91. The molecule has 1 aliphatic heterocycles. The normalized spacial score (nSPS) is 14.2. The zero-order valence-electron chi connectivity index (χ0n) is 24.5. The molecule has 3 aromatic carbocycles. The Labute approximate surface area is 251 Å². The highest BCUT2D eigenvalue weighted by Gasteiger charge is 2.35. The van der Waals surface area contributed by atoms with Crippen LogP contribution in [0.5, 0.6) is 11.5 Å². The molecule has 1 amide bonds. The quantitative estimate of drug-likeness (QED) is 0.173. The lowest BCUT2D eigenvalue weighted by molar-refractivity contribution is -0.113. The Bertz CT molecular complexity index is 1570. The Kier molecular flexibility index (Phi) is 9.48. The fourth-order valence-corrected chi connectivity index (χ4v) is 5.60. The number of anilines is 2. The summed E-state index contributed by atoms with van der Waals surface area (Å²) < 4.78 is 14.0. The van der Waals surface area contributed by atoms with Crippen molar-refractivity contribution in [1.82, 2.24) is 14.8 Å². The van der Waals surface area contributed by atoms with Crippen molar-refractivity contribution < 1.29 is 14.3 Å². The summed E-state index contributed by atoms with van der Waals surface area (Å²) in [6.07, 6.45) is 1.80. The van der Waals surface area contributed by atoms with Gasteiger partial charge in [-0.15, -0.1) is 5.10 Å². The van der Waals surface area contributed by atoms with Crippen molar-refractivity contribution in [1.29, 1.82) is 0 Å². The highest BCUT2D eigenvalue weighted by Crippen LogP contribution is 2.40. The van der Waals surface area contributed by atoms with Crippen molar-refractivity contribution in [2.24, 2.45) is 0 Å². The Morgan fingerprint density at radius 2 is 1.83 bits per heavy atom. The van der Waals surface area contributed by atoms with Gasteiger partial charge in [0.05, 0.1) is 18.8 Å². The van der Waals surface area contributed by atoms with Crippen molar-refractivity contribution in [3.05, 3.63) is 101 Å². The lowest BCUT2D eigenvalue weighted by Gasteiger charge is -2.29. The topological polar surface area (TPSA) is 90.3 Å². The van der Waals surface area contributed by atoms with Crippen LogP contribution >= 0.6 is 11.8 Å². The van der Waals surface area contributed by atoms with Gasteiger partial charge in [0, 0.05) is 23.6 Å². The lowest BCUT2D eigenvalue weighted by atomic mass is 9.94. The molecule has 2 N–H and O–H groups in total. The van der Waals surface area contributed by atoms with Crippen molar-refractivity contribution in [2.45, 2.75) is 51.7 Å². The second kappa shape index (κ2) is 13.6. The van der Waals surface area contributed by atoms with Gasteiger partial charge in [0.25, 0.3) is 5.91 Å². The zero-order chi connectivity index (χ0) is 29.5. The Balaban J connectivity index is 1.49. The summed E-state index contributed by atoms with van der Waals surface area (Å²) in [6, 6.07) is 23.4. The van der Waals surface area contributed by atoms with Crippen LogP contribution in [0.15, 0.2) is 89.2 Å². The molecule has 1 unspecified atom stereocenters. The number of amides is 1. The second-order valence-corrected chi connectivity index (χ2v) is 11.2. The van der Waals surface area contributed by atoms with E-state index in [1.165, 1.54) is 5.56 Å². The van der Waals surface area contributed by atoms with Crippen molar-refractivity contribution in [3.8, 4) is 11.5 Å². The summed E-state index contributed by atoms with van der Waals surface area (Å²) in [7, 11) is 0. The molecule has 9 heteroatoms. The van der Waals surface area contributed by atoms with E-state index in [9.17, 15) is 4.79 Å². The molecule has 0 radical (unpaired) electrons. The molecule has 0 aliphatic carbocycles. The number of allylic oxidation sites excluding steroid dienone is 1. The minimum absolute atomic E-state index is 0.208. The Hall–Kier alpha value is -4.24. The molecule has 8 nitrogen and oxygen atoms in total. The number of benzene rings is 3. The van der Waals surface area contributed by atoms with Crippen LogP contribution < -0.4 is 20.1 Å². The first-order chi connectivity index (χ1) is 20.5. The molecule has 4 aromatic rings. The van der Waals surface area contributed by atoms with Gasteiger partial charge in [-0.3, -0.25) is 4.79 Å². The van der Waals surface area contributed by atoms with E-state index in [1.807, 2.05) is 81.4 Å². The number of hydrogen-bond donors (Lipinski definition) is 2. The molecule has 1 atom stereocenters. The predicted molar refractivity (Wildman–Crippen MR) is 169 cm³/mol. The van der Waals surface area contributed by atoms with Crippen LogP contribution in [-0.2, 0) is 11.2 Å². The first-order valence-electron chi connectivity index (χ1n) is 14.4. The van der Waals surface area contributed by atoms with E-state index < -0.39 is 6.04 Å². The van der Waals surface area contributed by atoms with Crippen LogP contribution in [0.25, 0.3) is 0 Å². The fraction of sp³-hybridized carbons (Fsp3) is 0.303. The summed E-state index contributed by atoms with van der Waals surface area (Å²) in [5.41, 5.74) is 5.14. The summed E-state index contributed by atoms with van der Waals surface area (Å²) in [4.78, 5) is 18.6. The van der Waals surface area contributed by atoms with E-state index in [2.05, 4.69) is 29.7 Å². The smallest absolute Gasteiger partial charge is 0.255 e. The van der Waals surface area contributed by atoms with Gasteiger partial charge in [0.1, 0.15) is 6.04 Å². The molecule has 0 fully saturated rings. The van der Waals surface area contributed by atoms with Gasteiger partial charge in [-0.25, -0.2) is 4.68 Å². The van der Waals surface area contributed by atoms with Gasteiger partial charge in [0.15, 0.2) is 11.5 Å². The molecular weight excluding hydrogens is 546 g/mol. The molecular formula is C33H37N5O3S. The molecule has 1 aromatic heterocycles. The van der Waals surface area contributed by atoms with Gasteiger partial charge < -0.3 is 20.1 Å². The number of carbonyl (C=O) groups excluding carboxylic acids is 1. The van der Waals surface area contributed by atoms with Crippen LogP contribution in [-0.4, -0.2) is 39.6 Å². The monoisotopic (exact) mass is 583 g/mol. The van der Waals surface area contributed by atoms with Crippen LogP contribution in [0.2, 0.25) is 0 Å². The van der Waals surface area contributed by atoms with Crippen LogP contribution in [0.4, 0.5) is 11.6 Å². The van der Waals surface area contributed by atoms with Crippen molar-refractivity contribution in [2.75, 3.05) is 29.6 Å². The third kappa shape index (κ3) is 6.79. The fourth-order valence-electron chi connectivity index (χ4n) is 4.92. The van der Waals surface area contributed by atoms with Crippen LogP contribution in [0.1, 0.15) is 49.9 Å². The maximum Gasteiger partial charge on any atom is 0.255 e. The highest BCUT2D eigenvalue weighted by molar-refractivity contribution is 7.99. The van der Waals surface area contributed by atoms with E-state index in [1.54, 1.807) is 16.4 Å². The molecule has 2 heterocycles. The standard InChI is InChI=1S/C33H37N5O3S/c1-5-19-42-33-36-32-34-23(4)29(31(39)35-26-14-10-11-22(3)20-26)30(38(32)37-33)25-15-16-27(28(21-25)40-6-2)41-18-17-24-12-8-7-9-13-24/h7-16,20-21,30H,5-6,17-19H2,1-4H3,(H,35,39)(H,34,36,37). The summed E-state index contributed by atoms with van der Waals surface area (Å²) in [6.45, 7) is 8.98. The molecule has 42 heavy (non-hydrogen) atoms. The maximum absolute atomic E-state index is 13.9. The largest absolute Gasteiger partial charge is 0.490 e. The van der Waals surface area contributed by atoms with Gasteiger partial charge in [0.2, 0.25) is 11.1 Å². The van der Waals surface area contributed by atoms with E-state index >= 15 is 0 Å². The number of nitrogens with one attached hydrogen (secondary N) is 2. The lowest BCUT2D eigenvalue weighted by Crippen LogP contribution is -2.31. The number of ether oxygens (including phenoxy) is 2. The van der Waals surface area contributed by atoms with Crippen LogP contribution in [0.3, 0.4) is 0 Å². The zero-order valence-corrected chi connectivity index (χ0v) is 25.3. The minimum atomic E-state index is -0.521. The number of aromatic nitrogens is 3. The predicted octanol–water partition coefficient (Wildman–Crippen LogP) is 7.04. The number of carbonyl (C=O) groups is 1. The molecule has 0 saturated carbocycles. The number of aryl methyl sites for hydroxylation is 1. The van der Waals surface area contributed by atoms with Gasteiger partial charge in [-0.05, 0) is 68.1 Å². The summed E-state index contributed by atoms with van der Waals surface area (Å²) in [5, 5.41) is 11.9. The highest BCUT2D eigenvalue weighted by atomic mass is 32.2. The molecule has 1 aliphatic rings. The maximum atomic E-state index is 13.9. The van der Waals surface area contributed by atoms with Crippen molar-refractivity contribution >= 4 is 29.3 Å². The number of rotatable bonds is 12. The minimum Gasteiger partial charge on any atom is -0.490 e. The third-order valence-electron chi connectivity index (χ3n) is 6.86. The number of thioether (sulfide) groups is 1. The van der Waals surface area contributed by atoms with E-state index in [0.717, 1.165) is 41.1 Å². The van der Waals surface area contributed by atoms with E-state index in [0.29, 0.717) is 41.4 Å². The number of hydrogen-bond acceptors (Lipinski definition) is 7. The summed E-state index contributed by atoms with van der Waals surface area (Å²) >= 11 is 1.60. The molecule has 0 saturated heterocycles. The number of fused-ring (bicyclic) bond motifs is 1. The van der Waals surface area contributed by atoms with E-state index in [4.69, 9.17) is 19.6 Å². The van der Waals surface area contributed by atoms with Crippen molar-refractivity contribution in [3.63, 3.8) is 0 Å². The second-order valence-electron chi connectivity index (χ2n) is 10.1. The van der Waals surface area contributed by atoms with Crippen LogP contribution in [0, 0.1) is 6.92 Å². The number of nitrogens with zero attached hydrogens (tertiary/aromatic N) is 3. The van der Waals surface area contributed by atoms with E-state index in [-0.39, 0.29) is 5.91 Å². The average Bonchev–Trinajstić information content (AvgIpc) is 3.39. The molecule has 0 spiro atoms. The molecule has 5 rings (SSSR count). The average molecular weight is 584 g/mol. The Morgan fingerprint density at radius 1 is 1.00 bits per heavy atom. The van der Waals surface area contributed by atoms with Gasteiger partial charge >= 0.3 is 0 Å². The molecule has 0 bridgehead atoms. The first-order valence-corrected chi connectivity index (χ1v) is 15.3. The first kappa shape index (κ1) is 29.3. The van der Waals surface area contributed by atoms with Gasteiger partial charge in [-0.1, -0.05) is 67.2 Å². The van der Waals surface area contributed by atoms with Gasteiger partial charge in [-0.2, -0.15) is 4.98 Å².